The van der Waals surface area contributed by atoms with E-state index in [9.17, 15) is 21.6 Å². The molecule has 0 aliphatic carbocycles. The van der Waals surface area contributed by atoms with Gasteiger partial charge in [0.2, 0.25) is 10.0 Å². The summed E-state index contributed by atoms with van der Waals surface area (Å²) in [5.41, 5.74) is 5.85. The maximum atomic E-state index is 12.3. The van der Waals surface area contributed by atoms with E-state index in [0.29, 0.717) is 11.3 Å². The Morgan fingerprint density at radius 3 is 2.40 bits per heavy atom. The van der Waals surface area contributed by atoms with Crippen molar-refractivity contribution in [2.45, 2.75) is 17.6 Å². The summed E-state index contributed by atoms with van der Waals surface area (Å²) >= 11 is 0. The van der Waals surface area contributed by atoms with Crippen molar-refractivity contribution in [2.75, 3.05) is 20.7 Å². The van der Waals surface area contributed by atoms with E-state index >= 15 is 0 Å². The Morgan fingerprint density at radius 2 is 1.95 bits per heavy atom. The van der Waals surface area contributed by atoms with Crippen LogP contribution in [0.2, 0.25) is 0 Å². The van der Waals surface area contributed by atoms with Gasteiger partial charge in [-0.15, -0.1) is 0 Å². The van der Waals surface area contributed by atoms with Crippen molar-refractivity contribution in [1.29, 1.82) is 0 Å². The van der Waals surface area contributed by atoms with Crippen molar-refractivity contribution < 1.29 is 26.3 Å². The molecule has 1 rings (SSSR count). The van der Waals surface area contributed by atoms with Gasteiger partial charge in [-0.2, -0.15) is 17.5 Å². The van der Waals surface area contributed by atoms with E-state index in [1.165, 1.54) is 25.3 Å². The zero-order valence-electron chi connectivity index (χ0n) is 10.9. The Kier molecular flexibility index (Phi) is 5.00. The molecule has 1 aromatic carbocycles. The average molecular weight is 312 g/mol. The van der Waals surface area contributed by atoms with Gasteiger partial charge in [0, 0.05) is 19.2 Å². The van der Waals surface area contributed by atoms with Crippen LogP contribution in [0.5, 0.6) is 5.75 Å². The van der Waals surface area contributed by atoms with Crippen LogP contribution in [0.15, 0.2) is 23.1 Å². The van der Waals surface area contributed by atoms with Gasteiger partial charge in [0.25, 0.3) is 0 Å². The lowest BCUT2D eigenvalue weighted by Gasteiger charge is -2.19. The van der Waals surface area contributed by atoms with E-state index in [2.05, 4.69) is 0 Å². The Hall–Kier alpha value is -1.32. The molecule has 0 heterocycles. The zero-order valence-corrected chi connectivity index (χ0v) is 11.8. The minimum absolute atomic E-state index is 0.00944. The van der Waals surface area contributed by atoms with Gasteiger partial charge in [0.15, 0.2) is 0 Å². The van der Waals surface area contributed by atoms with Gasteiger partial charge < -0.3 is 10.5 Å². The van der Waals surface area contributed by atoms with E-state index in [1.54, 1.807) is 0 Å². The van der Waals surface area contributed by atoms with Crippen LogP contribution in [0.3, 0.4) is 0 Å². The second kappa shape index (κ2) is 5.98. The Bertz CT molecular complexity index is 573. The van der Waals surface area contributed by atoms with Crippen molar-refractivity contribution in [2.24, 2.45) is 5.73 Å². The Balaban J connectivity index is 3.16. The highest BCUT2D eigenvalue weighted by molar-refractivity contribution is 7.89. The molecular weight excluding hydrogens is 297 g/mol. The molecule has 0 radical (unpaired) electrons. The standard InChI is InChI=1S/C11H15F3N2O3S/c1-16(7-11(12,13)14)20(17,18)9-3-4-10(19-2)8(5-9)6-15/h3-5H,6-7,15H2,1-2H3. The van der Waals surface area contributed by atoms with E-state index in [-0.39, 0.29) is 15.7 Å². The highest BCUT2D eigenvalue weighted by Gasteiger charge is 2.34. The predicted octanol–water partition coefficient (Wildman–Crippen LogP) is 1.34. The number of hydrogen-bond acceptors (Lipinski definition) is 4. The molecule has 5 nitrogen and oxygen atoms in total. The van der Waals surface area contributed by atoms with E-state index in [1.807, 2.05) is 0 Å². The third kappa shape index (κ3) is 3.84. The first-order chi connectivity index (χ1) is 9.11. The number of alkyl halides is 3. The molecule has 0 bridgehead atoms. The zero-order chi connectivity index (χ0) is 15.6. The normalized spacial score (nSPS) is 12.8. The minimum Gasteiger partial charge on any atom is -0.496 e. The maximum absolute atomic E-state index is 12.3. The van der Waals surface area contributed by atoms with Crippen LogP contribution in [0.4, 0.5) is 13.2 Å². The molecule has 0 aliphatic heterocycles. The van der Waals surface area contributed by atoms with Crippen LogP contribution in [0.25, 0.3) is 0 Å². The third-order valence-corrected chi connectivity index (χ3v) is 4.38. The summed E-state index contributed by atoms with van der Waals surface area (Å²) in [6, 6.07) is 3.75. The van der Waals surface area contributed by atoms with Crippen molar-refractivity contribution in [3.05, 3.63) is 23.8 Å². The highest BCUT2D eigenvalue weighted by atomic mass is 32.2. The number of nitrogens with zero attached hydrogens (tertiary/aromatic N) is 1. The molecule has 0 fully saturated rings. The van der Waals surface area contributed by atoms with Gasteiger partial charge >= 0.3 is 6.18 Å². The van der Waals surface area contributed by atoms with Crippen molar-refractivity contribution in [1.82, 2.24) is 4.31 Å². The minimum atomic E-state index is -4.61. The molecule has 0 spiro atoms. The molecule has 0 aromatic heterocycles. The van der Waals surface area contributed by atoms with Crippen molar-refractivity contribution in [3.8, 4) is 5.75 Å². The fourth-order valence-corrected chi connectivity index (χ4v) is 2.80. The SMILES string of the molecule is COc1ccc(S(=O)(=O)N(C)CC(F)(F)F)cc1CN. The lowest BCUT2D eigenvalue weighted by molar-refractivity contribution is -0.134. The molecule has 9 heteroatoms. The number of nitrogens with two attached hydrogens (primary N) is 1. The molecule has 1 aromatic rings. The summed E-state index contributed by atoms with van der Waals surface area (Å²) in [5.74, 6) is 0.380. The summed E-state index contributed by atoms with van der Waals surface area (Å²) in [6.45, 7) is -1.55. The van der Waals surface area contributed by atoms with Gasteiger partial charge in [0.1, 0.15) is 12.3 Å². The maximum Gasteiger partial charge on any atom is 0.402 e. The largest absolute Gasteiger partial charge is 0.496 e. The van der Waals surface area contributed by atoms with Crippen LogP contribution in [-0.4, -0.2) is 39.6 Å². The van der Waals surface area contributed by atoms with Crippen molar-refractivity contribution >= 4 is 10.0 Å². The number of sulfonamides is 1. The summed E-state index contributed by atoms with van der Waals surface area (Å²) in [5, 5.41) is 0. The van der Waals surface area contributed by atoms with Gasteiger partial charge in [0.05, 0.1) is 12.0 Å². The van der Waals surface area contributed by atoms with Crippen LogP contribution in [0, 0.1) is 0 Å². The molecule has 0 saturated carbocycles. The van der Waals surface area contributed by atoms with Gasteiger partial charge in [-0.05, 0) is 18.2 Å². The molecule has 0 saturated heterocycles. The summed E-state index contributed by atoms with van der Waals surface area (Å²) in [4.78, 5) is -0.259. The van der Waals surface area contributed by atoms with Crippen LogP contribution in [0.1, 0.15) is 5.56 Å². The van der Waals surface area contributed by atoms with E-state index in [0.717, 1.165) is 7.05 Å². The smallest absolute Gasteiger partial charge is 0.402 e. The average Bonchev–Trinajstić information content (AvgIpc) is 2.35. The highest BCUT2D eigenvalue weighted by Crippen LogP contribution is 2.25. The summed E-state index contributed by atoms with van der Waals surface area (Å²) in [6.07, 6.45) is -4.61. The molecule has 20 heavy (non-hydrogen) atoms. The second-order valence-corrected chi connectivity index (χ2v) is 6.10. The summed E-state index contributed by atoms with van der Waals surface area (Å²) < 4.78 is 66.1. The first-order valence-electron chi connectivity index (χ1n) is 5.52. The Labute approximate surface area is 115 Å². The first kappa shape index (κ1) is 16.7. The van der Waals surface area contributed by atoms with Crippen molar-refractivity contribution in [3.63, 3.8) is 0 Å². The molecule has 0 unspecified atom stereocenters. The molecule has 0 aliphatic rings. The monoisotopic (exact) mass is 312 g/mol. The second-order valence-electron chi connectivity index (χ2n) is 4.05. The van der Waals surface area contributed by atoms with Crippen LogP contribution in [-0.2, 0) is 16.6 Å². The fourth-order valence-electron chi connectivity index (χ4n) is 1.59. The van der Waals surface area contributed by atoms with E-state index < -0.39 is 22.7 Å². The van der Waals surface area contributed by atoms with Crippen LogP contribution < -0.4 is 10.5 Å². The first-order valence-corrected chi connectivity index (χ1v) is 6.96. The lowest BCUT2D eigenvalue weighted by Crippen LogP contribution is -2.35. The van der Waals surface area contributed by atoms with Gasteiger partial charge in [-0.3, -0.25) is 0 Å². The number of methoxy groups -OCH3 is 1. The number of rotatable bonds is 5. The van der Waals surface area contributed by atoms with Gasteiger partial charge in [-0.1, -0.05) is 0 Å². The summed E-state index contributed by atoms with van der Waals surface area (Å²) in [7, 11) is -1.97. The number of ether oxygens (including phenoxy) is 1. The Morgan fingerprint density at radius 1 is 1.35 bits per heavy atom. The fraction of sp³-hybridized carbons (Fsp3) is 0.455. The molecule has 0 atom stereocenters. The molecule has 2 N–H and O–H groups in total. The van der Waals surface area contributed by atoms with E-state index in [4.69, 9.17) is 10.5 Å². The quantitative estimate of drug-likeness (QED) is 0.890. The van der Waals surface area contributed by atoms with Crippen LogP contribution >= 0.6 is 0 Å². The molecule has 0 amide bonds. The van der Waals surface area contributed by atoms with Gasteiger partial charge in [-0.25, -0.2) is 8.42 Å². The molecule has 114 valence electrons. The number of benzene rings is 1. The lowest BCUT2D eigenvalue weighted by atomic mass is 10.2. The third-order valence-electron chi connectivity index (χ3n) is 2.58. The molecular formula is C11H15F3N2O3S. The topological polar surface area (TPSA) is 72.6 Å². The number of hydrogen-bond donors (Lipinski definition) is 1. The predicted molar refractivity (Wildman–Crippen MR) is 66.8 cm³/mol. The number of halogens is 3.